The molecule has 0 heterocycles. The number of carbonyl (C=O) groups is 1. The molecule has 1 aliphatic carbocycles. The number of aliphatic hydroxyl groups is 1. The molecular formula is C12H12O3. The fourth-order valence-electron chi connectivity index (χ4n) is 1.83. The van der Waals surface area contributed by atoms with E-state index in [0.717, 1.165) is 0 Å². The predicted octanol–water partition coefficient (Wildman–Crippen LogP) is 2.51. The second-order valence-electron chi connectivity index (χ2n) is 3.82. The molecule has 1 aliphatic rings. The van der Waals surface area contributed by atoms with Gasteiger partial charge in [0.1, 0.15) is 11.5 Å². The summed E-state index contributed by atoms with van der Waals surface area (Å²) in [4.78, 5) is 11.9. The Morgan fingerprint density at radius 1 is 1.27 bits per heavy atom. The number of Topliss-reactive ketones (excluding diaryl/α,β-unsaturated/α-hetero) is 1. The highest BCUT2D eigenvalue weighted by molar-refractivity contribution is 6.08. The quantitative estimate of drug-likeness (QED) is 0.682. The lowest BCUT2D eigenvalue weighted by Gasteiger charge is -2.22. The van der Waals surface area contributed by atoms with Crippen LogP contribution < -0.4 is 0 Å². The summed E-state index contributed by atoms with van der Waals surface area (Å²) in [5.74, 6) is -0.472. The Morgan fingerprint density at radius 3 is 2.60 bits per heavy atom. The van der Waals surface area contributed by atoms with Crippen LogP contribution in [0.3, 0.4) is 0 Å². The van der Waals surface area contributed by atoms with Gasteiger partial charge in [-0.15, -0.1) is 0 Å². The van der Waals surface area contributed by atoms with Gasteiger partial charge in [0.15, 0.2) is 5.78 Å². The van der Waals surface area contributed by atoms with Crippen molar-refractivity contribution in [2.75, 3.05) is 0 Å². The van der Waals surface area contributed by atoms with E-state index < -0.39 is 0 Å². The van der Waals surface area contributed by atoms with Crippen LogP contribution in [0.5, 0.6) is 5.75 Å². The normalized spacial score (nSPS) is 20.4. The molecule has 2 rings (SSSR count). The molecule has 0 radical (unpaired) electrons. The third-order valence-electron chi connectivity index (χ3n) is 2.96. The van der Waals surface area contributed by atoms with Crippen molar-refractivity contribution in [2.45, 2.75) is 13.8 Å². The van der Waals surface area contributed by atoms with Gasteiger partial charge in [-0.1, -0.05) is 19.1 Å². The van der Waals surface area contributed by atoms with Crippen molar-refractivity contribution in [2.24, 2.45) is 5.92 Å². The van der Waals surface area contributed by atoms with Crippen molar-refractivity contribution in [3.8, 4) is 5.75 Å². The molecule has 0 fully saturated rings. The van der Waals surface area contributed by atoms with Crippen LogP contribution in [0.4, 0.5) is 0 Å². The molecule has 0 bridgehead atoms. The van der Waals surface area contributed by atoms with E-state index in [4.69, 9.17) is 0 Å². The van der Waals surface area contributed by atoms with Crippen molar-refractivity contribution < 1.29 is 15.0 Å². The molecule has 0 saturated heterocycles. The maximum Gasteiger partial charge on any atom is 0.174 e. The monoisotopic (exact) mass is 204 g/mol. The van der Waals surface area contributed by atoms with E-state index in [9.17, 15) is 15.0 Å². The summed E-state index contributed by atoms with van der Waals surface area (Å²) < 4.78 is 0. The first-order valence-electron chi connectivity index (χ1n) is 4.80. The SMILES string of the molecule is CC1=C(O)c2cccc(O)c2C(=O)C1C. The summed E-state index contributed by atoms with van der Waals surface area (Å²) in [5.41, 5.74) is 1.31. The number of aromatic hydroxyl groups is 1. The number of carbonyl (C=O) groups excluding carboxylic acids is 1. The first-order chi connectivity index (χ1) is 7.04. The standard InChI is InChI=1S/C12H12O3/c1-6-7(2)12(15)10-8(11(6)14)4-3-5-9(10)13/h3-5,7,13-14H,1-2H3. The van der Waals surface area contributed by atoms with Gasteiger partial charge in [0, 0.05) is 11.5 Å². The summed E-state index contributed by atoms with van der Waals surface area (Å²) in [7, 11) is 0. The number of fused-ring (bicyclic) bond motifs is 1. The first-order valence-corrected chi connectivity index (χ1v) is 4.80. The van der Waals surface area contributed by atoms with Crippen LogP contribution in [0.1, 0.15) is 29.8 Å². The predicted molar refractivity (Wildman–Crippen MR) is 56.8 cm³/mol. The number of ketones is 1. The molecule has 3 nitrogen and oxygen atoms in total. The fourth-order valence-corrected chi connectivity index (χ4v) is 1.83. The van der Waals surface area contributed by atoms with Gasteiger partial charge < -0.3 is 10.2 Å². The number of hydrogen-bond acceptors (Lipinski definition) is 3. The Labute approximate surface area is 87.7 Å². The Bertz CT molecular complexity index is 472. The highest BCUT2D eigenvalue weighted by atomic mass is 16.3. The van der Waals surface area contributed by atoms with Crippen LogP contribution in [-0.2, 0) is 0 Å². The topological polar surface area (TPSA) is 57.5 Å². The molecule has 2 N–H and O–H groups in total. The molecule has 0 aliphatic heterocycles. The number of benzene rings is 1. The van der Waals surface area contributed by atoms with Gasteiger partial charge in [-0.3, -0.25) is 4.79 Å². The van der Waals surface area contributed by atoms with E-state index in [1.165, 1.54) is 6.07 Å². The maximum atomic E-state index is 11.9. The zero-order valence-corrected chi connectivity index (χ0v) is 8.61. The van der Waals surface area contributed by atoms with Crippen LogP contribution in [0.2, 0.25) is 0 Å². The number of aliphatic hydroxyl groups excluding tert-OH is 1. The lowest BCUT2D eigenvalue weighted by molar-refractivity contribution is 0.0940. The number of rotatable bonds is 0. The number of phenols is 1. The molecule has 78 valence electrons. The number of allylic oxidation sites excluding steroid dienone is 1. The minimum Gasteiger partial charge on any atom is -0.507 e. The van der Waals surface area contributed by atoms with E-state index in [1.807, 2.05) is 0 Å². The second-order valence-corrected chi connectivity index (χ2v) is 3.82. The zero-order chi connectivity index (χ0) is 11.2. The maximum absolute atomic E-state index is 11.9. The average Bonchev–Trinajstić information content (AvgIpc) is 2.23. The van der Waals surface area contributed by atoms with E-state index in [2.05, 4.69) is 0 Å². The molecule has 1 aromatic carbocycles. The van der Waals surface area contributed by atoms with Gasteiger partial charge in [-0.05, 0) is 18.6 Å². The van der Waals surface area contributed by atoms with Crippen molar-refractivity contribution in [3.05, 3.63) is 34.9 Å². The van der Waals surface area contributed by atoms with Gasteiger partial charge in [-0.2, -0.15) is 0 Å². The number of phenolic OH excluding ortho intramolecular Hbond substituents is 1. The van der Waals surface area contributed by atoms with Crippen LogP contribution in [-0.4, -0.2) is 16.0 Å². The molecule has 1 aromatic rings. The average molecular weight is 204 g/mol. The summed E-state index contributed by atoms with van der Waals surface area (Å²) in [6.07, 6.45) is 0. The van der Waals surface area contributed by atoms with Gasteiger partial charge >= 0.3 is 0 Å². The Balaban J connectivity index is 2.78. The number of hydrogen-bond donors (Lipinski definition) is 2. The molecule has 0 aromatic heterocycles. The van der Waals surface area contributed by atoms with Crippen molar-refractivity contribution in [1.82, 2.24) is 0 Å². The molecule has 0 amide bonds. The third kappa shape index (κ3) is 1.23. The lowest BCUT2D eigenvalue weighted by atomic mass is 9.82. The summed E-state index contributed by atoms with van der Waals surface area (Å²) in [5, 5.41) is 19.5. The summed E-state index contributed by atoms with van der Waals surface area (Å²) in [6.45, 7) is 3.45. The van der Waals surface area contributed by atoms with Crippen LogP contribution in [0.25, 0.3) is 5.76 Å². The van der Waals surface area contributed by atoms with Gasteiger partial charge in [-0.25, -0.2) is 0 Å². The minimum atomic E-state index is -0.370. The second kappa shape index (κ2) is 3.12. The minimum absolute atomic E-state index is 0.0663. The van der Waals surface area contributed by atoms with Crippen molar-refractivity contribution in [3.63, 3.8) is 0 Å². The lowest BCUT2D eigenvalue weighted by Crippen LogP contribution is -2.20. The molecule has 0 saturated carbocycles. The summed E-state index contributed by atoms with van der Waals surface area (Å²) in [6, 6.07) is 4.70. The Kier molecular flexibility index (Phi) is 2.03. The van der Waals surface area contributed by atoms with E-state index in [0.29, 0.717) is 11.1 Å². The highest BCUT2D eigenvalue weighted by Gasteiger charge is 2.31. The van der Waals surface area contributed by atoms with Crippen molar-refractivity contribution >= 4 is 11.5 Å². The van der Waals surface area contributed by atoms with Gasteiger partial charge in [0.2, 0.25) is 0 Å². The molecule has 0 spiro atoms. The van der Waals surface area contributed by atoms with E-state index in [1.54, 1.807) is 26.0 Å². The van der Waals surface area contributed by atoms with Crippen LogP contribution >= 0.6 is 0 Å². The van der Waals surface area contributed by atoms with Crippen molar-refractivity contribution in [1.29, 1.82) is 0 Å². The Hall–Kier alpha value is -1.77. The Morgan fingerprint density at radius 2 is 1.93 bits per heavy atom. The molecule has 3 heteroatoms. The zero-order valence-electron chi connectivity index (χ0n) is 8.61. The van der Waals surface area contributed by atoms with Crippen LogP contribution in [0.15, 0.2) is 23.8 Å². The first kappa shape index (κ1) is 9.77. The molecule has 15 heavy (non-hydrogen) atoms. The van der Waals surface area contributed by atoms with E-state index in [-0.39, 0.29) is 28.8 Å². The van der Waals surface area contributed by atoms with Gasteiger partial charge in [0.05, 0.1) is 5.56 Å². The smallest absolute Gasteiger partial charge is 0.174 e. The highest BCUT2D eigenvalue weighted by Crippen LogP contribution is 2.36. The fraction of sp³-hybridized carbons (Fsp3) is 0.250. The molecule has 1 unspecified atom stereocenters. The summed E-state index contributed by atoms with van der Waals surface area (Å²) >= 11 is 0. The third-order valence-corrected chi connectivity index (χ3v) is 2.96. The molecule has 1 atom stereocenters. The van der Waals surface area contributed by atoms with E-state index >= 15 is 0 Å². The molecular weight excluding hydrogens is 192 g/mol. The van der Waals surface area contributed by atoms with Crippen LogP contribution in [0, 0.1) is 5.92 Å². The van der Waals surface area contributed by atoms with Gasteiger partial charge in [0.25, 0.3) is 0 Å². The largest absolute Gasteiger partial charge is 0.507 e.